The van der Waals surface area contributed by atoms with Gasteiger partial charge >= 0.3 is 0 Å². The second-order valence-electron chi connectivity index (χ2n) is 2.54. The van der Waals surface area contributed by atoms with Gasteiger partial charge in [0.25, 0.3) is 0 Å². The molecule has 46 valence electrons. The Morgan fingerprint density at radius 3 is 2.88 bits per heavy atom. The molecule has 0 aromatic heterocycles. The minimum absolute atomic E-state index is 0.642. The molecule has 2 N–H and O–H groups in total. The molecule has 0 saturated heterocycles. The molecule has 0 saturated carbocycles. The van der Waals surface area contributed by atoms with Crippen LogP contribution in [0.4, 0.5) is 0 Å². The van der Waals surface area contributed by atoms with Crippen LogP contribution in [0.3, 0.4) is 0 Å². The number of hydrogen-bond donors (Lipinski definition) is 1. The van der Waals surface area contributed by atoms with Crippen LogP contribution in [0.1, 0.15) is 26.2 Å². The molecule has 0 heterocycles. The van der Waals surface area contributed by atoms with Crippen LogP contribution >= 0.6 is 0 Å². The highest BCUT2D eigenvalue weighted by atomic mass is 14.6. The predicted molar refractivity (Wildman–Crippen MR) is 35.3 cm³/mol. The van der Waals surface area contributed by atoms with Gasteiger partial charge in [0.2, 0.25) is 0 Å². The third-order valence-corrected chi connectivity index (χ3v) is 1.79. The van der Waals surface area contributed by atoms with Crippen LogP contribution in [0.25, 0.3) is 0 Å². The second-order valence-corrected chi connectivity index (χ2v) is 2.54. The molecule has 1 unspecified atom stereocenters. The molecule has 0 aliphatic heterocycles. The van der Waals surface area contributed by atoms with Crippen LogP contribution in [0.5, 0.6) is 0 Å². The summed E-state index contributed by atoms with van der Waals surface area (Å²) in [5.41, 5.74) is 6.73. The van der Waals surface area contributed by atoms with Gasteiger partial charge in [-0.15, -0.1) is 0 Å². The van der Waals surface area contributed by atoms with Crippen molar-refractivity contribution < 1.29 is 0 Å². The van der Waals surface area contributed by atoms with Crippen molar-refractivity contribution in [1.29, 1.82) is 0 Å². The van der Waals surface area contributed by atoms with Gasteiger partial charge in [-0.05, 0) is 25.2 Å². The average molecular weight is 111 g/mol. The first-order chi connectivity index (χ1) is 3.80. The maximum absolute atomic E-state index is 5.64. The van der Waals surface area contributed by atoms with Crippen LogP contribution in [0.2, 0.25) is 0 Å². The standard InChI is InChI=1S/C7H13N/c1-6-4-2-3-5-7(6)8/h5-6H,2-4,8H2,1H3. The Hall–Kier alpha value is -0.460. The zero-order valence-electron chi connectivity index (χ0n) is 5.35. The fourth-order valence-electron chi connectivity index (χ4n) is 1.06. The summed E-state index contributed by atoms with van der Waals surface area (Å²) in [5.74, 6) is 0.642. The molecule has 1 atom stereocenters. The van der Waals surface area contributed by atoms with Crippen molar-refractivity contribution in [2.45, 2.75) is 26.2 Å². The zero-order valence-corrected chi connectivity index (χ0v) is 5.35. The molecule has 1 aliphatic carbocycles. The van der Waals surface area contributed by atoms with Crippen LogP contribution < -0.4 is 5.73 Å². The molecule has 1 aliphatic rings. The van der Waals surface area contributed by atoms with Crippen molar-refractivity contribution in [3.8, 4) is 0 Å². The van der Waals surface area contributed by atoms with Gasteiger partial charge in [0.15, 0.2) is 0 Å². The molecule has 0 radical (unpaired) electrons. The number of allylic oxidation sites excluding steroid dienone is 2. The summed E-state index contributed by atoms with van der Waals surface area (Å²) in [6.07, 6.45) is 5.94. The first-order valence-electron chi connectivity index (χ1n) is 3.26. The minimum Gasteiger partial charge on any atom is -0.402 e. The highest BCUT2D eigenvalue weighted by Gasteiger charge is 2.07. The molecular weight excluding hydrogens is 98.1 g/mol. The Balaban J connectivity index is 2.53. The van der Waals surface area contributed by atoms with Crippen molar-refractivity contribution in [2.75, 3.05) is 0 Å². The van der Waals surface area contributed by atoms with E-state index in [2.05, 4.69) is 13.0 Å². The van der Waals surface area contributed by atoms with E-state index >= 15 is 0 Å². The molecule has 1 heteroatoms. The molecule has 1 nitrogen and oxygen atoms in total. The van der Waals surface area contributed by atoms with Crippen LogP contribution in [0, 0.1) is 5.92 Å². The Morgan fingerprint density at radius 1 is 1.75 bits per heavy atom. The third-order valence-electron chi connectivity index (χ3n) is 1.79. The lowest BCUT2D eigenvalue weighted by molar-refractivity contribution is 0.546. The third kappa shape index (κ3) is 1.03. The first-order valence-corrected chi connectivity index (χ1v) is 3.26. The number of nitrogens with two attached hydrogens (primary N) is 1. The Morgan fingerprint density at radius 2 is 2.50 bits per heavy atom. The molecular formula is C7H13N. The normalized spacial score (nSPS) is 29.6. The molecule has 0 aromatic rings. The van der Waals surface area contributed by atoms with Crippen molar-refractivity contribution in [3.05, 3.63) is 11.8 Å². The maximum Gasteiger partial charge on any atom is 0.00687 e. The quantitative estimate of drug-likeness (QED) is 0.505. The largest absolute Gasteiger partial charge is 0.402 e. The van der Waals surface area contributed by atoms with Gasteiger partial charge < -0.3 is 5.73 Å². The van der Waals surface area contributed by atoms with Gasteiger partial charge in [0.1, 0.15) is 0 Å². The second kappa shape index (κ2) is 2.21. The van der Waals surface area contributed by atoms with E-state index in [1.807, 2.05) is 0 Å². The zero-order chi connectivity index (χ0) is 5.98. The summed E-state index contributed by atoms with van der Waals surface area (Å²) in [5, 5.41) is 0. The molecule has 0 fully saturated rings. The highest BCUT2D eigenvalue weighted by molar-refractivity contribution is 5.03. The van der Waals surface area contributed by atoms with E-state index in [9.17, 15) is 0 Å². The molecule has 1 rings (SSSR count). The number of hydrogen-bond acceptors (Lipinski definition) is 1. The molecule has 8 heavy (non-hydrogen) atoms. The first kappa shape index (κ1) is 5.67. The van der Waals surface area contributed by atoms with E-state index in [1.54, 1.807) is 0 Å². The molecule has 0 spiro atoms. The van der Waals surface area contributed by atoms with Gasteiger partial charge in [-0.3, -0.25) is 0 Å². The van der Waals surface area contributed by atoms with Crippen molar-refractivity contribution in [3.63, 3.8) is 0 Å². The summed E-state index contributed by atoms with van der Waals surface area (Å²) in [7, 11) is 0. The van der Waals surface area contributed by atoms with E-state index in [1.165, 1.54) is 19.3 Å². The van der Waals surface area contributed by atoms with Gasteiger partial charge in [-0.25, -0.2) is 0 Å². The minimum atomic E-state index is 0.642. The summed E-state index contributed by atoms with van der Waals surface area (Å²) >= 11 is 0. The fraction of sp³-hybridized carbons (Fsp3) is 0.714. The topological polar surface area (TPSA) is 26.0 Å². The smallest absolute Gasteiger partial charge is 0.00687 e. The summed E-state index contributed by atoms with van der Waals surface area (Å²) in [6, 6.07) is 0. The fourth-order valence-corrected chi connectivity index (χ4v) is 1.06. The van der Waals surface area contributed by atoms with Crippen LogP contribution in [-0.2, 0) is 0 Å². The van der Waals surface area contributed by atoms with Gasteiger partial charge in [-0.2, -0.15) is 0 Å². The van der Waals surface area contributed by atoms with E-state index in [-0.39, 0.29) is 0 Å². The van der Waals surface area contributed by atoms with E-state index in [0.29, 0.717) is 5.92 Å². The summed E-state index contributed by atoms with van der Waals surface area (Å²) < 4.78 is 0. The maximum atomic E-state index is 5.64. The van der Waals surface area contributed by atoms with Crippen molar-refractivity contribution in [2.24, 2.45) is 11.7 Å². The van der Waals surface area contributed by atoms with E-state index in [0.717, 1.165) is 5.70 Å². The average Bonchev–Trinajstić information content (AvgIpc) is 1.77. The molecule has 0 aromatic carbocycles. The Bertz CT molecular complexity index is 105. The SMILES string of the molecule is CC1CCCC=C1N. The molecule has 0 amide bonds. The van der Waals surface area contributed by atoms with Crippen LogP contribution in [-0.4, -0.2) is 0 Å². The van der Waals surface area contributed by atoms with E-state index in [4.69, 9.17) is 5.73 Å². The summed E-state index contributed by atoms with van der Waals surface area (Å²) in [4.78, 5) is 0. The lowest BCUT2D eigenvalue weighted by Crippen LogP contribution is -2.11. The lowest BCUT2D eigenvalue weighted by Gasteiger charge is -2.15. The van der Waals surface area contributed by atoms with Gasteiger partial charge in [0.05, 0.1) is 0 Å². The Labute approximate surface area is 50.6 Å². The van der Waals surface area contributed by atoms with Gasteiger partial charge in [0, 0.05) is 5.70 Å². The Kier molecular flexibility index (Phi) is 1.56. The van der Waals surface area contributed by atoms with Crippen LogP contribution in [0.15, 0.2) is 11.8 Å². The highest BCUT2D eigenvalue weighted by Crippen LogP contribution is 2.19. The summed E-state index contributed by atoms with van der Waals surface area (Å²) in [6.45, 7) is 2.19. The lowest BCUT2D eigenvalue weighted by atomic mass is 9.95. The van der Waals surface area contributed by atoms with Gasteiger partial charge in [-0.1, -0.05) is 13.0 Å². The predicted octanol–water partition coefficient (Wildman–Crippen LogP) is 1.65. The number of rotatable bonds is 0. The molecule has 0 bridgehead atoms. The van der Waals surface area contributed by atoms with Crippen molar-refractivity contribution in [1.82, 2.24) is 0 Å². The van der Waals surface area contributed by atoms with Crippen molar-refractivity contribution >= 4 is 0 Å². The monoisotopic (exact) mass is 111 g/mol. The van der Waals surface area contributed by atoms with E-state index < -0.39 is 0 Å².